The molecule has 106 valence electrons. The van der Waals surface area contributed by atoms with Crippen molar-refractivity contribution in [3.63, 3.8) is 0 Å². The van der Waals surface area contributed by atoms with Gasteiger partial charge in [0.15, 0.2) is 0 Å². The van der Waals surface area contributed by atoms with Gasteiger partial charge in [-0.15, -0.1) is 9.24 Å². The molecule has 5 nitrogen and oxygen atoms in total. The summed E-state index contributed by atoms with van der Waals surface area (Å²) in [6.45, 7) is 0. The maximum Gasteiger partial charge on any atom is 0.276 e. The molecule has 2 aromatic heterocycles. The van der Waals surface area contributed by atoms with Crippen molar-refractivity contribution in [2.45, 2.75) is 0 Å². The van der Waals surface area contributed by atoms with Gasteiger partial charge in [-0.2, -0.15) is 4.98 Å². The summed E-state index contributed by atoms with van der Waals surface area (Å²) in [5.41, 5.74) is 1.04. The Morgan fingerprint density at radius 2 is 2.10 bits per heavy atom. The van der Waals surface area contributed by atoms with Crippen LogP contribution in [0.2, 0.25) is 0 Å². The molecule has 0 saturated carbocycles. The first-order chi connectivity index (χ1) is 10.2. The standard InChI is InChI=1S/C14H11FN3O2P/c1-19-10-5-8(4-9(15)6-10)13-17-14(20-18-13)12-3-2-11(21)7-16-12/h2-7H,21H2,1H3. The van der Waals surface area contributed by atoms with Crippen molar-refractivity contribution in [2.24, 2.45) is 0 Å². The van der Waals surface area contributed by atoms with Crippen LogP contribution < -0.4 is 10.0 Å². The Morgan fingerprint density at radius 1 is 1.24 bits per heavy atom. The van der Waals surface area contributed by atoms with Crippen LogP contribution in [0.3, 0.4) is 0 Å². The summed E-state index contributed by atoms with van der Waals surface area (Å²) in [5, 5.41) is 4.80. The zero-order valence-corrected chi connectivity index (χ0v) is 12.2. The average molecular weight is 303 g/mol. The van der Waals surface area contributed by atoms with Crippen LogP contribution in [0, 0.1) is 5.82 Å². The van der Waals surface area contributed by atoms with Crippen LogP contribution in [-0.4, -0.2) is 22.2 Å². The molecule has 2 heterocycles. The number of pyridine rings is 1. The minimum atomic E-state index is -0.429. The van der Waals surface area contributed by atoms with Crippen LogP contribution in [0.5, 0.6) is 5.75 Å². The molecule has 3 aromatic rings. The zero-order valence-electron chi connectivity index (χ0n) is 11.1. The van der Waals surface area contributed by atoms with E-state index in [1.165, 1.54) is 19.2 Å². The van der Waals surface area contributed by atoms with E-state index in [4.69, 9.17) is 9.26 Å². The van der Waals surface area contributed by atoms with E-state index >= 15 is 0 Å². The highest BCUT2D eigenvalue weighted by atomic mass is 31.0. The molecule has 21 heavy (non-hydrogen) atoms. The summed E-state index contributed by atoms with van der Waals surface area (Å²) in [7, 11) is 4.01. The first kappa shape index (κ1) is 13.6. The van der Waals surface area contributed by atoms with Crippen LogP contribution in [0.25, 0.3) is 23.0 Å². The van der Waals surface area contributed by atoms with Crippen LogP contribution in [-0.2, 0) is 0 Å². The number of rotatable bonds is 3. The SMILES string of the molecule is COc1cc(F)cc(-c2noc(-c3ccc(P)cn3)n2)c1. The Balaban J connectivity index is 1.98. The number of halogens is 1. The van der Waals surface area contributed by atoms with Crippen molar-refractivity contribution in [3.05, 3.63) is 42.3 Å². The fraction of sp³-hybridized carbons (Fsp3) is 0.0714. The van der Waals surface area contributed by atoms with Gasteiger partial charge in [0.25, 0.3) is 5.89 Å². The topological polar surface area (TPSA) is 61.0 Å². The molecule has 0 spiro atoms. The van der Waals surface area contributed by atoms with Gasteiger partial charge in [0.05, 0.1) is 7.11 Å². The molecule has 0 radical (unpaired) electrons. The summed E-state index contributed by atoms with van der Waals surface area (Å²) in [6, 6.07) is 7.87. The first-order valence-electron chi connectivity index (χ1n) is 6.06. The Bertz CT molecular complexity index is 774. The number of hydrogen-bond donors (Lipinski definition) is 0. The lowest BCUT2D eigenvalue weighted by Crippen LogP contribution is -1.92. The van der Waals surface area contributed by atoms with Gasteiger partial charge in [-0.25, -0.2) is 4.39 Å². The molecule has 3 rings (SSSR count). The quantitative estimate of drug-likeness (QED) is 0.696. The molecule has 0 aliphatic heterocycles. The normalized spacial score (nSPS) is 10.6. The summed E-state index contributed by atoms with van der Waals surface area (Å²) in [4.78, 5) is 8.42. The minimum Gasteiger partial charge on any atom is -0.497 e. The van der Waals surface area contributed by atoms with Gasteiger partial charge in [0.2, 0.25) is 5.82 Å². The van der Waals surface area contributed by atoms with Gasteiger partial charge >= 0.3 is 0 Å². The fourth-order valence-electron chi connectivity index (χ4n) is 1.79. The zero-order chi connectivity index (χ0) is 14.8. The lowest BCUT2D eigenvalue weighted by molar-refractivity contribution is 0.411. The molecule has 0 N–H and O–H groups in total. The molecule has 0 fully saturated rings. The maximum atomic E-state index is 13.5. The Morgan fingerprint density at radius 3 is 2.81 bits per heavy atom. The van der Waals surface area contributed by atoms with Gasteiger partial charge in [-0.1, -0.05) is 11.2 Å². The number of nitrogens with zero attached hydrogens (tertiary/aromatic N) is 3. The number of ether oxygens (including phenoxy) is 1. The van der Waals surface area contributed by atoms with E-state index in [1.54, 1.807) is 18.3 Å². The Kier molecular flexibility index (Phi) is 3.62. The predicted molar refractivity (Wildman–Crippen MR) is 78.8 cm³/mol. The summed E-state index contributed by atoms with van der Waals surface area (Å²) in [6.07, 6.45) is 1.68. The molecule has 0 aliphatic rings. The van der Waals surface area contributed by atoms with Crippen molar-refractivity contribution in [3.8, 4) is 28.7 Å². The third kappa shape index (κ3) is 2.90. The van der Waals surface area contributed by atoms with Gasteiger partial charge in [-0.05, 0) is 23.5 Å². The minimum absolute atomic E-state index is 0.276. The van der Waals surface area contributed by atoms with E-state index in [0.29, 0.717) is 17.0 Å². The first-order valence-corrected chi connectivity index (χ1v) is 6.64. The van der Waals surface area contributed by atoms with Gasteiger partial charge < -0.3 is 9.26 Å². The molecule has 0 aliphatic carbocycles. The van der Waals surface area contributed by atoms with Crippen molar-refractivity contribution >= 4 is 14.5 Å². The highest BCUT2D eigenvalue weighted by molar-refractivity contribution is 7.27. The number of aromatic nitrogens is 3. The van der Waals surface area contributed by atoms with Crippen molar-refractivity contribution in [1.82, 2.24) is 15.1 Å². The van der Waals surface area contributed by atoms with Crippen LogP contribution in [0.15, 0.2) is 41.1 Å². The largest absolute Gasteiger partial charge is 0.497 e. The van der Waals surface area contributed by atoms with E-state index in [2.05, 4.69) is 24.4 Å². The number of methoxy groups -OCH3 is 1. The van der Waals surface area contributed by atoms with E-state index in [-0.39, 0.29) is 11.7 Å². The summed E-state index contributed by atoms with van der Waals surface area (Å²) < 4.78 is 23.7. The van der Waals surface area contributed by atoms with Gasteiger partial charge in [0.1, 0.15) is 17.3 Å². The lowest BCUT2D eigenvalue weighted by Gasteiger charge is -2.01. The number of benzene rings is 1. The second kappa shape index (κ2) is 5.58. The van der Waals surface area contributed by atoms with Crippen LogP contribution >= 0.6 is 9.24 Å². The number of hydrogen-bond acceptors (Lipinski definition) is 5. The van der Waals surface area contributed by atoms with E-state index < -0.39 is 5.82 Å². The van der Waals surface area contributed by atoms with E-state index in [9.17, 15) is 4.39 Å². The second-order valence-electron chi connectivity index (χ2n) is 4.28. The second-order valence-corrected chi connectivity index (χ2v) is 4.95. The van der Waals surface area contributed by atoms with Crippen LogP contribution in [0.1, 0.15) is 0 Å². The fourth-order valence-corrected chi connectivity index (χ4v) is 1.96. The molecule has 1 aromatic carbocycles. The molecule has 1 atom stereocenters. The highest BCUT2D eigenvalue weighted by Gasteiger charge is 2.13. The van der Waals surface area contributed by atoms with E-state index in [0.717, 1.165) is 5.30 Å². The molecule has 0 amide bonds. The molecule has 7 heteroatoms. The van der Waals surface area contributed by atoms with Crippen molar-refractivity contribution in [1.29, 1.82) is 0 Å². The average Bonchev–Trinajstić information content (AvgIpc) is 2.97. The van der Waals surface area contributed by atoms with E-state index in [1.807, 2.05) is 6.07 Å². The summed E-state index contributed by atoms with van der Waals surface area (Å²) >= 11 is 0. The predicted octanol–water partition coefficient (Wildman–Crippen LogP) is 2.45. The Hall–Kier alpha value is -2.33. The molecular weight excluding hydrogens is 292 g/mol. The van der Waals surface area contributed by atoms with Crippen molar-refractivity contribution < 1.29 is 13.7 Å². The maximum absolute atomic E-state index is 13.5. The van der Waals surface area contributed by atoms with Gasteiger partial charge in [0, 0.05) is 17.8 Å². The summed E-state index contributed by atoms with van der Waals surface area (Å²) in [5.74, 6) is 0.515. The van der Waals surface area contributed by atoms with Crippen molar-refractivity contribution in [2.75, 3.05) is 7.11 Å². The molecule has 1 unspecified atom stereocenters. The molecular formula is C14H11FN3O2P. The lowest BCUT2D eigenvalue weighted by atomic mass is 10.2. The monoisotopic (exact) mass is 303 g/mol. The molecule has 0 bridgehead atoms. The smallest absolute Gasteiger partial charge is 0.276 e. The Labute approximate surface area is 122 Å². The highest BCUT2D eigenvalue weighted by Crippen LogP contribution is 2.25. The van der Waals surface area contributed by atoms with Crippen LogP contribution in [0.4, 0.5) is 4.39 Å². The molecule has 0 saturated heterocycles. The third-order valence-electron chi connectivity index (χ3n) is 2.80. The van der Waals surface area contributed by atoms with Gasteiger partial charge in [-0.3, -0.25) is 4.98 Å². The third-order valence-corrected chi connectivity index (χ3v) is 3.14.